The van der Waals surface area contributed by atoms with Crippen molar-refractivity contribution in [3.05, 3.63) is 29.3 Å². The Morgan fingerprint density at radius 2 is 2.11 bits per heavy atom. The highest BCUT2D eigenvalue weighted by Crippen LogP contribution is 2.19. The van der Waals surface area contributed by atoms with E-state index in [-0.39, 0.29) is 12.5 Å². The topological polar surface area (TPSA) is 52.6 Å². The minimum atomic E-state index is 0.105. The molecule has 4 nitrogen and oxygen atoms in total. The fraction of sp³-hybridized carbons (Fsp3) is 0.500. The minimum absolute atomic E-state index is 0.105. The average molecular weight is 248 g/mol. The standard InChI is InChI=1S/C14H20N2O2/c1-11-10-12(4-5-13(11)15-6-9-17)14(18)16-7-2-3-8-16/h4-5,10,15,17H,2-3,6-9H2,1H3. The molecule has 0 spiro atoms. The number of amides is 1. The number of nitrogens with one attached hydrogen (secondary N) is 1. The molecule has 0 bridgehead atoms. The Morgan fingerprint density at radius 1 is 1.39 bits per heavy atom. The third kappa shape index (κ3) is 2.82. The van der Waals surface area contributed by atoms with E-state index in [2.05, 4.69) is 5.32 Å². The molecular formula is C14H20N2O2. The zero-order valence-corrected chi connectivity index (χ0v) is 10.8. The van der Waals surface area contributed by atoms with Gasteiger partial charge in [-0.15, -0.1) is 0 Å². The number of nitrogens with zero attached hydrogens (tertiary/aromatic N) is 1. The van der Waals surface area contributed by atoms with Gasteiger partial charge in [-0.1, -0.05) is 0 Å². The van der Waals surface area contributed by atoms with E-state index in [4.69, 9.17) is 5.11 Å². The largest absolute Gasteiger partial charge is 0.395 e. The number of rotatable bonds is 4. The SMILES string of the molecule is Cc1cc(C(=O)N2CCCC2)ccc1NCCO. The molecule has 1 fully saturated rings. The number of aliphatic hydroxyl groups excluding tert-OH is 1. The second kappa shape index (κ2) is 5.87. The van der Waals surface area contributed by atoms with Crippen molar-refractivity contribution in [1.29, 1.82) is 0 Å². The van der Waals surface area contributed by atoms with E-state index < -0.39 is 0 Å². The molecule has 1 amide bonds. The predicted molar refractivity (Wildman–Crippen MR) is 71.9 cm³/mol. The lowest BCUT2D eigenvalue weighted by Crippen LogP contribution is -2.27. The van der Waals surface area contributed by atoms with Gasteiger partial charge >= 0.3 is 0 Å². The lowest BCUT2D eigenvalue weighted by atomic mass is 10.1. The Bertz CT molecular complexity index is 426. The molecular weight excluding hydrogens is 228 g/mol. The molecule has 0 aromatic heterocycles. The lowest BCUT2D eigenvalue weighted by Gasteiger charge is -2.16. The van der Waals surface area contributed by atoms with Crippen LogP contribution < -0.4 is 5.32 Å². The molecule has 1 heterocycles. The number of likely N-dealkylation sites (tertiary alicyclic amines) is 1. The maximum atomic E-state index is 12.2. The molecule has 1 aliphatic rings. The van der Waals surface area contributed by atoms with Gasteiger partial charge in [-0.05, 0) is 43.5 Å². The van der Waals surface area contributed by atoms with Crippen molar-refractivity contribution < 1.29 is 9.90 Å². The summed E-state index contributed by atoms with van der Waals surface area (Å²) in [5.74, 6) is 0.129. The number of anilines is 1. The molecule has 2 rings (SSSR count). The molecule has 0 unspecified atom stereocenters. The van der Waals surface area contributed by atoms with Crippen LogP contribution in [-0.4, -0.2) is 42.2 Å². The van der Waals surface area contributed by atoms with Crippen molar-refractivity contribution >= 4 is 11.6 Å². The molecule has 0 aliphatic carbocycles. The molecule has 0 radical (unpaired) electrons. The molecule has 98 valence electrons. The third-order valence-corrected chi connectivity index (χ3v) is 3.29. The summed E-state index contributed by atoms with van der Waals surface area (Å²) < 4.78 is 0. The summed E-state index contributed by atoms with van der Waals surface area (Å²) in [5.41, 5.74) is 2.76. The van der Waals surface area contributed by atoms with Crippen LogP contribution in [-0.2, 0) is 0 Å². The molecule has 0 saturated carbocycles. The highest BCUT2D eigenvalue weighted by molar-refractivity contribution is 5.95. The minimum Gasteiger partial charge on any atom is -0.395 e. The highest BCUT2D eigenvalue weighted by Gasteiger charge is 2.19. The van der Waals surface area contributed by atoms with E-state index >= 15 is 0 Å². The second-order valence-electron chi connectivity index (χ2n) is 4.68. The van der Waals surface area contributed by atoms with E-state index in [0.29, 0.717) is 6.54 Å². The first-order valence-electron chi connectivity index (χ1n) is 6.47. The summed E-state index contributed by atoms with van der Waals surface area (Å²) in [6, 6.07) is 5.68. The number of hydrogen-bond donors (Lipinski definition) is 2. The average Bonchev–Trinajstić information content (AvgIpc) is 2.90. The molecule has 1 aromatic carbocycles. The Kier molecular flexibility index (Phi) is 4.20. The van der Waals surface area contributed by atoms with Crippen LogP contribution in [0.5, 0.6) is 0 Å². The molecule has 18 heavy (non-hydrogen) atoms. The fourth-order valence-corrected chi connectivity index (χ4v) is 2.29. The Labute approximate surface area is 108 Å². The number of hydrogen-bond acceptors (Lipinski definition) is 3. The Balaban J connectivity index is 2.10. The van der Waals surface area contributed by atoms with Gasteiger partial charge in [0.2, 0.25) is 0 Å². The van der Waals surface area contributed by atoms with Crippen LogP contribution in [0.4, 0.5) is 5.69 Å². The zero-order valence-electron chi connectivity index (χ0n) is 10.8. The van der Waals surface area contributed by atoms with Gasteiger partial charge in [0, 0.05) is 30.9 Å². The van der Waals surface area contributed by atoms with Crippen molar-refractivity contribution in [2.24, 2.45) is 0 Å². The monoisotopic (exact) mass is 248 g/mol. The summed E-state index contributed by atoms with van der Waals surface area (Å²) in [7, 11) is 0. The highest BCUT2D eigenvalue weighted by atomic mass is 16.3. The molecule has 4 heteroatoms. The van der Waals surface area contributed by atoms with E-state index in [0.717, 1.165) is 42.7 Å². The van der Waals surface area contributed by atoms with Gasteiger partial charge in [-0.2, -0.15) is 0 Å². The maximum absolute atomic E-state index is 12.2. The van der Waals surface area contributed by atoms with Crippen LogP contribution in [0.15, 0.2) is 18.2 Å². The van der Waals surface area contributed by atoms with Gasteiger partial charge in [0.05, 0.1) is 6.61 Å². The summed E-state index contributed by atoms with van der Waals surface area (Å²) >= 11 is 0. The van der Waals surface area contributed by atoms with Crippen molar-refractivity contribution in [2.45, 2.75) is 19.8 Å². The van der Waals surface area contributed by atoms with Crippen LogP contribution in [0.2, 0.25) is 0 Å². The molecule has 1 aliphatic heterocycles. The van der Waals surface area contributed by atoms with Gasteiger partial charge in [-0.25, -0.2) is 0 Å². The van der Waals surface area contributed by atoms with Crippen LogP contribution in [0.25, 0.3) is 0 Å². The summed E-state index contributed by atoms with van der Waals surface area (Å²) in [6.07, 6.45) is 2.22. The summed E-state index contributed by atoms with van der Waals surface area (Å²) in [6.45, 7) is 4.36. The quantitative estimate of drug-likeness (QED) is 0.851. The first-order valence-corrected chi connectivity index (χ1v) is 6.47. The first-order chi connectivity index (χ1) is 8.72. The van der Waals surface area contributed by atoms with Crippen LogP contribution >= 0.6 is 0 Å². The maximum Gasteiger partial charge on any atom is 0.253 e. The van der Waals surface area contributed by atoms with Gasteiger partial charge in [-0.3, -0.25) is 4.79 Å². The molecule has 1 saturated heterocycles. The van der Waals surface area contributed by atoms with Gasteiger partial charge in [0.15, 0.2) is 0 Å². The van der Waals surface area contributed by atoms with E-state index in [1.807, 2.05) is 30.0 Å². The summed E-state index contributed by atoms with van der Waals surface area (Å²) in [5, 5.41) is 11.9. The Hall–Kier alpha value is -1.55. The number of carbonyl (C=O) groups is 1. The van der Waals surface area contributed by atoms with Crippen LogP contribution in [0, 0.1) is 6.92 Å². The molecule has 0 atom stereocenters. The zero-order chi connectivity index (χ0) is 13.0. The van der Waals surface area contributed by atoms with Crippen molar-refractivity contribution in [3.8, 4) is 0 Å². The number of benzene rings is 1. The van der Waals surface area contributed by atoms with Gasteiger partial charge in [0.25, 0.3) is 5.91 Å². The normalized spacial score (nSPS) is 14.9. The molecule has 2 N–H and O–H groups in total. The van der Waals surface area contributed by atoms with Crippen molar-refractivity contribution in [3.63, 3.8) is 0 Å². The fourth-order valence-electron chi connectivity index (χ4n) is 2.29. The lowest BCUT2D eigenvalue weighted by molar-refractivity contribution is 0.0793. The van der Waals surface area contributed by atoms with E-state index in [1.54, 1.807) is 0 Å². The molecule has 1 aromatic rings. The number of aryl methyl sites for hydroxylation is 1. The van der Waals surface area contributed by atoms with Crippen LogP contribution in [0.3, 0.4) is 0 Å². The first kappa shape index (κ1) is 12.9. The Morgan fingerprint density at radius 3 is 2.72 bits per heavy atom. The smallest absolute Gasteiger partial charge is 0.253 e. The van der Waals surface area contributed by atoms with E-state index in [1.165, 1.54) is 0 Å². The van der Waals surface area contributed by atoms with Crippen molar-refractivity contribution in [1.82, 2.24) is 4.90 Å². The second-order valence-corrected chi connectivity index (χ2v) is 4.68. The van der Waals surface area contributed by atoms with Crippen LogP contribution in [0.1, 0.15) is 28.8 Å². The third-order valence-electron chi connectivity index (χ3n) is 3.29. The predicted octanol–water partition coefficient (Wildman–Crippen LogP) is 1.64. The van der Waals surface area contributed by atoms with E-state index in [9.17, 15) is 4.79 Å². The van der Waals surface area contributed by atoms with Crippen molar-refractivity contribution in [2.75, 3.05) is 31.6 Å². The summed E-state index contributed by atoms with van der Waals surface area (Å²) in [4.78, 5) is 14.1. The number of aliphatic hydroxyl groups is 1. The number of carbonyl (C=O) groups excluding carboxylic acids is 1. The van der Waals surface area contributed by atoms with Gasteiger partial charge < -0.3 is 15.3 Å². The van der Waals surface area contributed by atoms with Gasteiger partial charge in [0.1, 0.15) is 0 Å².